The Morgan fingerprint density at radius 3 is 2.86 bits per heavy atom. The van der Waals surface area contributed by atoms with E-state index in [2.05, 4.69) is 15.2 Å². The summed E-state index contributed by atoms with van der Waals surface area (Å²) in [5.41, 5.74) is 1.54. The van der Waals surface area contributed by atoms with E-state index >= 15 is 0 Å². The highest BCUT2D eigenvalue weighted by Crippen LogP contribution is 2.26. The SMILES string of the molecule is Cc1c(C(CSc2ccc(Cl)cc2)=NO)sc2ncnn12. The van der Waals surface area contributed by atoms with Gasteiger partial charge in [-0.15, -0.1) is 11.8 Å². The van der Waals surface area contributed by atoms with Crippen molar-refractivity contribution in [1.29, 1.82) is 0 Å². The minimum Gasteiger partial charge on any atom is -0.411 e. The van der Waals surface area contributed by atoms with Crippen molar-refractivity contribution in [2.24, 2.45) is 5.16 Å². The number of aromatic nitrogens is 3. The fourth-order valence-corrected chi connectivity index (χ4v) is 3.95. The summed E-state index contributed by atoms with van der Waals surface area (Å²) >= 11 is 8.91. The summed E-state index contributed by atoms with van der Waals surface area (Å²) in [6.07, 6.45) is 1.51. The summed E-state index contributed by atoms with van der Waals surface area (Å²) in [7, 11) is 0. The van der Waals surface area contributed by atoms with Gasteiger partial charge < -0.3 is 5.21 Å². The van der Waals surface area contributed by atoms with E-state index in [1.807, 2.05) is 31.2 Å². The first-order chi connectivity index (χ1) is 10.2. The Morgan fingerprint density at radius 1 is 1.43 bits per heavy atom. The van der Waals surface area contributed by atoms with E-state index in [0.29, 0.717) is 16.5 Å². The van der Waals surface area contributed by atoms with Crippen LogP contribution in [0.1, 0.15) is 10.6 Å². The summed E-state index contributed by atoms with van der Waals surface area (Å²) in [6, 6.07) is 7.57. The molecule has 108 valence electrons. The number of thioether (sulfide) groups is 1. The van der Waals surface area contributed by atoms with Crippen molar-refractivity contribution in [3.63, 3.8) is 0 Å². The molecule has 0 saturated carbocycles. The van der Waals surface area contributed by atoms with Gasteiger partial charge in [-0.2, -0.15) is 5.10 Å². The number of aryl methyl sites for hydroxylation is 1. The van der Waals surface area contributed by atoms with E-state index in [0.717, 1.165) is 20.4 Å². The summed E-state index contributed by atoms with van der Waals surface area (Å²) in [6.45, 7) is 1.94. The van der Waals surface area contributed by atoms with E-state index in [-0.39, 0.29) is 0 Å². The van der Waals surface area contributed by atoms with E-state index in [1.165, 1.54) is 17.7 Å². The molecule has 8 heteroatoms. The number of benzene rings is 1. The average molecular weight is 339 g/mol. The molecule has 0 bridgehead atoms. The van der Waals surface area contributed by atoms with Crippen LogP contribution in [0, 0.1) is 6.92 Å². The molecule has 21 heavy (non-hydrogen) atoms. The van der Waals surface area contributed by atoms with Gasteiger partial charge in [-0.3, -0.25) is 0 Å². The maximum Gasteiger partial charge on any atom is 0.212 e. The van der Waals surface area contributed by atoms with Crippen LogP contribution in [0.3, 0.4) is 0 Å². The third kappa shape index (κ3) is 2.90. The van der Waals surface area contributed by atoms with Gasteiger partial charge in [0.05, 0.1) is 10.6 Å². The van der Waals surface area contributed by atoms with Gasteiger partial charge in [-0.25, -0.2) is 9.50 Å². The van der Waals surface area contributed by atoms with Crippen molar-refractivity contribution < 1.29 is 5.21 Å². The molecule has 1 aromatic carbocycles. The Bertz CT molecular complexity index is 794. The lowest BCUT2D eigenvalue weighted by atomic mass is 10.3. The molecule has 0 saturated heterocycles. The molecule has 3 rings (SSSR count). The maximum atomic E-state index is 9.30. The van der Waals surface area contributed by atoms with Gasteiger partial charge in [-0.05, 0) is 31.2 Å². The van der Waals surface area contributed by atoms with Gasteiger partial charge in [0.2, 0.25) is 4.96 Å². The van der Waals surface area contributed by atoms with Crippen LogP contribution >= 0.6 is 34.7 Å². The first-order valence-corrected chi connectivity index (χ1v) is 8.26. The molecule has 2 aromatic heterocycles. The second-order valence-corrected chi connectivity index (χ2v) is 6.72. The Kier molecular flexibility index (Phi) is 4.14. The predicted octanol–water partition coefficient (Wildman–Crippen LogP) is 3.72. The molecule has 0 atom stereocenters. The van der Waals surface area contributed by atoms with Crippen molar-refractivity contribution in [1.82, 2.24) is 14.6 Å². The first kappa shape index (κ1) is 14.4. The van der Waals surface area contributed by atoms with Gasteiger partial charge in [0.25, 0.3) is 0 Å². The van der Waals surface area contributed by atoms with Crippen molar-refractivity contribution in [3.8, 4) is 0 Å². The molecule has 0 aliphatic rings. The van der Waals surface area contributed by atoms with E-state index in [1.54, 1.807) is 16.3 Å². The largest absolute Gasteiger partial charge is 0.411 e. The third-order valence-electron chi connectivity index (χ3n) is 2.93. The van der Waals surface area contributed by atoms with E-state index < -0.39 is 0 Å². The Labute approximate surface area is 134 Å². The van der Waals surface area contributed by atoms with Crippen LogP contribution in [0.4, 0.5) is 0 Å². The molecule has 0 amide bonds. The topological polar surface area (TPSA) is 62.8 Å². The molecule has 2 heterocycles. The highest BCUT2D eigenvalue weighted by Gasteiger charge is 2.16. The zero-order valence-electron chi connectivity index (χ0n) is 11.0. The normalized spacial score (nSPS) is 12.2. The molecule has 0 unspecified atom stereocenters. The molecule has 0 fully saturated rings. The number of halogens is 1. The van der Waals surface area contributed by atoms with Crippen LogP contribution in [0.25, 0.3) is 4.96 Å². The number of oxime groups is 1. The standard InChI is InChI=1S/C13H11ClN4OS2/c1-8-12(21-13-15-7-16-18(8)13)11(17-19)6-20-10-4-2-9(14)3-5-10/h2-5,7,19H,6H2,1H3. The van der Waals surface area contributed by atoms with Gasteiger partial charge >= 0.3 is 0 Å². The molecule has 3 aromatic rings. The number of thiazole rings is 1. The van der Waals surface area contributed by atoms with Crippen LogP contribution in [-0.4, -0.2) is 31.3 Å². The Balaban J connectivity index is 1.80. The first-order valence-electron chi connectivity index (χ1n) is 6.08. The highest BCUT2D eigenvalue weighted by molar-refractivity contribution is 8.00. The smallest absolute Gasteiger partial charge is 0.212 e. The Morgan fingerprint density at radius 2 is 2.19 bits per heavy atom. The molecule has 0 aliphatic carbocycles. The summed E-state index contributed by atoms with van der Waals surface area (Å²) in [4.78, 5) is 6.91. The quantitative estimate of drug-likeness (QED) is 0.341. The molecule has 5 nitrogen and oxygen atoms in total. The number of rotatable bonds is 4. The molecule has 1 N–H and O–H groups in total. The van der Waals surface area contributed by atoms with Crippen molar-refractivity contribution >= 4 is 45.4 Å². The number of hydrogen-bond acceptors (Lipinski definition) is 6. The maximum absolute atomic E-state index is 9.30. The summed E-state index contributed by atoms with van der Waals surface area (Å²) < 4.78 is 1.75. The summed E-state index contributed by atoms with van der Waals surface area (Å²) in [5, 5.41) is 17.6. The fraction of sp³-hybridized carbons (Fsp3) is 0.154. The Hall–Kier alpha value is -1.57. The zero-order chi connectivity index (χ0) is 14.8. The lowest BCUT2D eigenvalue weighted by Crippen LogP contribution is -2.05. The average Bonchev–Trinajstić information content (AvgIpc) is 3.06. The predicted molar refractivity (Wildman–Crippen MR) is 86.1 cm³/mol. The molecule has 0 aliphatic heterocycles. The van der Waals surface area contributed by atoms with Crippen LogP contribution < -0.4 is 0 Å². The van der Waals surface area contributed by atoms with Crippen LogP contribution in [0.5, 0.6) is 0 Å². The minimum atomic E-state index is 0.558. The van der Waals surface area contributed by atoms with Gasteiger partial charge in [-0.1, -0.05) is 28.1 Å². The molecule has 0 spiro atoms. The van der Waals surface area contributed by atoms with Crippen molar-refractivity contribution in [2.75, 3.05) is 5.75 Å². The number of hydrogen-bond donors (Lipinski definition) is 1. The van der Waals surface area contributed by atoms with Crippen LogP contribution in [0.15, 0.2) is 40.6 Å². The van der Waals surface area contributed by atoms with Gasteiger partial charge in [0.1, 0.15) is 12.0 Å². The van der Waals surface area contributed by atoms with Crippen LogP contribution in [-0.2, 0) is 0 Å². The van der Waals surface area contributed by atoms with Gasteiger partial charge in [0, 0.05) is 15.7 Å². The number of fused-ring (bicyclic) bond motifs is 1. The monoisotopic (exact) mass is 338 g/mol. The minimum absolute atomic E-state index is 0.558. The highest BCUT2D eigenvalue weighted by atomic mass is 35.5. The second-order valence-electron chi connectivity index (χ2n) is 4.26. The van der Waals surface area contributed by atoms with E-state index in [9.17, 15) is 5.21 Å². The zero-order valence-corrected chi connectivity index (χ0v) is 13.4. The molecule has 0 radical (unpaired) electrons. The van der Waals surface area contributed by atoms with Gasteiger partial charge in [0.15, 0.2) is 0 Å². The summed E-state index contributed by atoms with van der Waals surface area (Å²) in [5.74, 6) is 0.558. The molecular formula is C13H11ClN4OS2. The lowest BCUT2D eigenvalue weighted by molar-refractivity contribution is 0.319. The number of nitrogens with zero attached hydrogens (tertiary/aromatic N) is 4. The van der Waals surface area contributed by atoms with Crippen molar-refractivity contribution in [2.45, 2.75) is 11.8 Å². The van der Waals surface area contributed by atoms with E-state index in [4.69, 9.17) is 11.6 Å². The van der Waals surface area contributed by atoms with Crippen LogP contribution in [0.2, 0.25) is 5.02 Å². The fourth-order valence-electron chi connectivity index (χ4n) is 1.88. The lowest BCUT2D eigenvalue weighted by Gasteiger charge is -2.04. The second kappa shape index (κ2) is 6.05. The van der Waals surface area contributed by atoms with Crippen molar-refractivity contribution in [3.05, 3.63) is 46.2 Å². The molecular weight excluding hydrogens is 328 g/mol. The third-order valence-corrected chi connectivity index (χ3v) is 5.40.